The maximum Gasteiger partial charge on any atom is 0.0992 e. The van der Waals surface area contributed by atoms with Gasteiger partial charge in [-0.1, -0.05) is 26.0 Å². The molecule has 0 spiro atoms. The quantitative estimate of drug-likeness (QED) is 0.863. The van der Waals surface area contributed by atoms with Crippen LogP contribution in [0.2, 0.25) is 0 Å². The van der Waals surface area contributed by atoms with Crippen LogP contribution in [0.15, 0.2) is 30.3 Å². The Hall–Kier alpha value is -1.06. The maximum absolute atomic E-state index is 11.1. The molecule has 1 aromatic heterocycles. The van der Waals surface area contributed by atoms with Crippen molar-refractivity contribution in [3.63, 3.8) is 0 Å². The van der Waals surface area contributed by atoms with E-state index in [0.717, 1.165) is 40.1 Å². The smallest absolute Gasteiger partial charge is 0.0992 e. The van der Waals surface area contributed by atoms with Crippen molar-refractivity contribution in [1.29, 1.82) is 0 Å². The molecule has 1 atom stereocenters. The van der Waals surface area contributed by atoms with Crippen LogP contribution in [0, 0.1) is 12.3 Å². The van der Waals surface area contributed by atoms with E-state index in [1.54, 1.807) is 0 Å². The van der Waals surface area contributed by atoms with Crippen molar-refractivity contribution in [2.24, 2.45) is 5.41 Å². The maximum atomic E-state index is 11.1. The van der Waals surface area contributed by atoms with Crippen LogP contribution in [0.1, 0.15) is 31.5 Å². The van der Waals surface area contributed by atoms with Gasteiger partial charge in [0.1, 0.15) is 0 Å². The number of nitrogens with zero attached hydrogens (tertiary/aromatic N) is 1. The van der Waals surface area contributed by atoms with E-state index >= 15 is 0 Å². The van der Waals surface area contributed by atoms with Gasteiger partial charge in [-0.05, 0) is 48.3 Å². The van der Waals surface area contributed by atoms with Gasteiger partial charge in [-0.3, -0.25) is 4.98 Å². The number of rotatable bonds is 1. The number of aromatic nitrogens is 1. The second-order valence-electron chi connectivity index (χ2n) is 6.73. The van der Waals surface area contributed by atoms with Gasteiger partial charge in [-0.15, -0.1) is 0 Å². The minimum Gasteiger partial charge on any atom is -0.384 e. The molecule has 3 heteroatoms. The highest BCUT2D eigenvalue weighted by atomic mass is 32.2. The van der Waals surface area contributed by atoms with Crippen LogP contribution in [-0.4, -0.2) is 21.6 Å². The van der Waals surface area contributed by atoms with Gasteiger partial charge in [0, 0.05) is 16.8 Å². The number of hydrogen-bond acceptors (Lipinski definition) is 3. The normalized spacial score (nSPS) is 25.8. The molecule has 1 unspecified atom stereocenters. The third-order valence-corrected chi connectivity index (χ3v) is 5.64. The molecule has 2 aromatic rings. The molecule has 0 radical (unpaired) electrons. The van der Waals surface area contributed by atoms with Gasteiger partial charge in [-0.2, -0.15) is 11.8 Å². The van der Waals surface area contributed by atoms with E-state index in [1.807, 2.05) is 36.9 Å². The zero-order valence-electron chi connectivity index (χ0n) is 12.3. The summed E-state index contributed by atoms with van der Waals surface area (Å²) in [7, 11) is 0. The third-order valence-electron chi connectivity index (χ3n) is 3.97. The molecule has 1 aliphatic rings. The number of thioether (sulfide) groups is 1. The first-order valence-electron chi connectivity index (χ1n) is 7.06. The summed E-state index contributed by atoms with van der Waals surface area (Å²) in [6, 6.07) is 10.3. The monoisotopic (exact) mass is 287 g/mol. The minimum atomic E-state index is -0.717. The van der Waals surface area contributed by atoms with Crippen LogP contribution in [0.3, 0.4) is 0 Å². The molecule has 106 valence electrons. The molecule has 1 saturated heterocycles. The van der Waals surface area contributed by atoms with E-state index in [4.69, 9.17) is 0 Å². The van der Waals surface area contributed by atoms with Gasteiger partial charge in [0.25, 0.3) is 0 Å². The molecule has 1 N–H and O–H groups in total. The summed E-state index contributed by atoms with van der Waals surface area (Å²) in [5.74, 6) is 1.89. The molecule has 1 aromatic carbocycles. The van der Waals surface area contributed by atoms with Crippen LogP contribution in [0.5, 0.6) is 0 Å². The molecule has 0 bridgehead atoms. The van der Waals surface area contributed by atoms with Crippen LogP contribution >= 0.6 is 11.8 Å². The molecule has 0 amide bonds. The molecule has 0 saturated carbocycles. The fourth-order valence-corrected chi connectivity index (χ4v) is 4.46. The number of fused-ring (bicyclic) bond motifs is 1. The van der Waals surface area contributed by atoms with Crippen molar-refractivity contribution < 1.29 is 5.11 Å². The van der Waals surface area contributed by atoms with E-state index in [1.165, 1.54) is 0 Å². The lowest BCUT2D eigenvalue weighted by Gasteiger charge is -2.41. The zero-order chi connectivity index (χ0) is 14.4. The van der Waals surface area contributed by atoms with E-state index < -0.39 is 5.60 Å². The van der Waals surface area contributed by atoms with Gasteiger partial charge in [-0.25, -0.2) is 0 Å². The Balaban J connectivity index is 2.03. The fourth-order valence-electron chi connectivity index (χ4n) is 3.09. The van der Waals surface area contributed by atoms with E-state index in [0.29, 0.717) is 0 Å². The first-order valence-corrected chi connectivity index (χ1v) is 8.22. The number of pyridine rings is 1. The Morgan fingerprint density at radius 3 is 2.70 bits per heavy atom. The summed E-state index contributed by atoms with van der Waals surface area (Å²) in [5.41, 5.74) is 2.51. The predicted molar refractivity (Wildman–Crippen MR) is 86.1 cm³/mol. The van der Waals surface area contributed by atoms with E-state index in [-0.39, 0.29) is 5.41 Å². The predicted octanol–water partition coefficient (Wildman–Crippen LogP) is 3.89. The zero-order valence-corrected chi connectivity index (χ0v) is 13.1. The lowest BCUT2D eigenvalue weighted by Crippen LogP contribution is -2.40. The lowest BCUT2D eigenvalue weighted by atomic mass is 9.78. The summed E-state index contributed by atoms with van der Waals surface area (Å²) in [6.45, 7) is 6.47. The second-order valence-corrected chi connectivity index (χ2v) is 7.71. The Bertz CT molecular complexity index is 652. The Labute approximate surface area is 124 Å². The largest absolute Gasteiger partial charge is 0.384 e. The summed E-state index contributed by atoms with van der Waals surface area (Å²) >= 11 is 1.85. The van der Waals surface area contributed by atoms with Crippen molar-refractivity contribution in [1.82, 2.24) is 4.98 Å². The standard InChI is InChI=1S/C17H21NOS/c1-12-4-5-13-8-14(6-7-15(13)18-12)17(19)9-16(2,3)10-20-11-17/h4-8,19H,9-11H2,1-3H3. The molecule has 3 rings (SSSR count). The number of aryl methyl sites for hydroxylation is 1. The van der Waals surface area contributed by atoms with Gasteiger partial charge < -0.3 is 5.11 Å². The van der Waals surface area contributed by atoms with Gasteiger partial charge >= 0.3 is 0 Å². The molecule has 2 nitrogen and oxygen atoms in total. The van der Waals surface area contributed by atoms with Crippen LogP contribution < -0.4 is 0 Å². The van der Waals surface area contributed by atoms with Gasteiger partial charge in [0.2, 0.25) is 0 Å². The lowest BCUT2D eigenvalue weighted by molar-refractivity contribution is 0.0157. The summed E-state index contributed by atoms with van der Waals surface area (Å²) < 4.78 is 0. The Morgan fingerprint density at radius 1 is 1.15 bits per heavy atom. The number of hydrogen-bond donors (Lipinski definition) is 1. The van der Waals surface area contributed by atoms with Crippen molar-refractivity contribution in [3.05, 3.63) is 41.6 Å². The average Bonchev–Trinajstić information content (AvgIpc) is 2.36. The Kier molecular flexibility index (Phi) is 3.30. The topological polar surface area (TPSA) is 33.1 Å². The number of benzene rings is 1. The van der Waals surface area contributed by atoms with Crippen molar-refractivity contribution in [3.8, 4) is 0 Å². The van der Waals surface area contributed by atoms with Crippen LogP contribution in [0.25, 0.3) is 10.9 Å². The van der Waals surface area contributed by atoms with Crippen molar-refractivity contribution >= 4 is 22.7 Å². The number of aliphatic hydroxyl groups is 1. The van der Waals surface area contributed by atoms with Crippen LogP contribution in [-0.2, 0) is 5.60 Å². The highest BCUT2D eigenvalue weighted by Crippen LogP contribution is 2.44. The second kappa shape index (κ2) is 4.74. The molecular weight excluding hydrogens is 266 g/mol. The average molecular weight is 287 g/mol. The van der Waals surface area contributed by atoms with E-state index in [2.05, 4.69) is 31.0 Å². The molecule has 20 heavy (non-hydrogen) atoms. The summed E-state index contributed by atoms with van der Waals surface area (Å²) in [4.78, 5) is 4.53. The molecular formula is C17H21NOS. The minimum absolute atomic E-state index is 0.179. The third kappa shape index (κ3) is 2.57. The molecule has 2 heterocycles. The van der Waals surface area contributed by atoms with Crippen molar-refractivity contribution in [2.75, 3.05) is 11.5 Å². The highest BCUT2D eigenvalue weighted by molar-refractivity contribution is 7.99. The SMILES string of the molecule is Cc1ccc2cc(C3(O)CSCC(C)(C)C3)ccc2n1. The fraction of sp³-hybridized carbons (Fsp3) is 0.471. The van der Waals surface area contributed by atoms with Crippen LogP contribution in [0.4, 0.5) is 0 Å². The molecule has 1 fully saturated rings. The first kappa shape index (κ1) is 13.9. The summed E-state index contributed by atoms with van der Waals surface area (Å²) in [5, 5.41) is 12.2. The van der Waals surface area contributed by atoms with Gasteiger partial charge in [0.05, 0.1) is 11.1 Å². The Morgan fingerprint density at radius 2 is 1.95 bits per heavy atom. The molecule has 1 aliphatic heterocycles. The first-order chi connectivity index (χ1) is 9.38. The highest BCUT2D eigenvalue weighted by Gasteiger charge is 2.40. The summed E-state index contributed by atoms with van der Waals surface area (Å²) in [6.07, 6.45) is 0.817. The van der Waals surface area contributed by atoms with E-state index in [9.17, 15) is 5.11 Å². The molecule has 0 aliphatic carbocycles. The van der Waals surface area contributed by atoms with Crippen molar-refractivity contribution in [2.45, 2.75) is 32.8 Å². The van der Waals surface area contributed by atoms with Gasteiger partial charge in [0.15, 0.2) is 0 Å².